The van der Waals surface area contributed by atoms with Crippen molar-refractivity contribution in [1.82, 2.24) is 14.5 Å². The molecule has 0 fully saturated rings. The summed E-state index contributed by atoms with van der Waals surface area (Å²) in [5, 5.41) is 6.67. The number of oxazole rings is 1. The average molecular weight is 520 g/mol. The highest BCUT2D eigenvalue weighted by molar-refractivity contribution is 7.08. The van der Waals surface area contributed by atoms with Gasteiger partial charge in [-0.25, -0.2) is 4.98 Å². The highest BCUT2D eigenvalue weighted by Gasteiger charge is 2.16. The summed E-state index contributed by atoms with van der Waals surface area (Å²) in [4.78, 5) is 9.46. The van der Waals surface area contributed by atoms with E-state index in [4.69, 9.17) is 14.4 Å². The molecule has 0 radical (unpaired) electrons. The molecule has 8 aromatic rings. The van der Waals surface area contributed by atoms with E-state index < -0.39 is 0 Å². The fourth-order valence-electron chi connectivity index (χ4n) is 5.38. The number of thiophene rings is 1. The first-order valence-electron chi connectivity index (χ1n) is 12.8. The van der Waals surface area contributed by atoms with Crippen molar-refractivity contribution in [2.24, 2.45) is 0 Å². The zero-order valence-corrected chi connectivity index (χ0v) is 21.6. The molecule has 4 heterocycles. The summed E-state index contributed by atoms with van der Waals surface area (Å²) < 4.78 is 8.44. The summed E-state index contributed by atoms with van der Waals surface area (Å²) >= 11 is 1.70. The van der Waals surface area contributed by atoms with Crippen molar-refractivity contribution in [2.45, 2.75) is 0 Å². The van der Waals surface area contributed by atoms with Gasteiger partial charge in [-0.1, -0.05) is 48.5 Å². The van der Waals surface area contributed by atoms with E-state index in [0.29, 0.717) is 5.89 Å². The van der Waals surface area contributed by atoms with Crippen molar-refractivity contribution in [3.8, 4) is 39.5 Å². The number of hydrogen-bond acceptors (Lipinski definition) is 4. The van der Waals surface area contributed by atoms with Gasteiger partial charge in [0.25, 0.3) is 0 Å². The summed E-state index contributed by atoms with van der Waals surface area (Å²) in [6.45, 7) is 0. The molecule has 184 valence electrons. The van der Waals surface area contributed by atoms with Crippen LogP contribution in [-0.2, 0) is 0 Å². The third-order valence-corrected chi connectivity index (χ3v) is 7.91. The summed E-state index contributed by atoms with van der Waals surface area (Å²) in [5.41, 5.74) is 10.4. The Morgan fingerprint density at radius 1 is 0.641 bits per heavy atom. The molecule has 0 saturated heterocycles. The molecule has 0 bridgehead atoms. The zero-order chi connectivity index (χ0) is 25.8. The van der Waals surface area contributed by atoms with E-state index in [9.17, 15) is 0 Å². The maximum atomic E-state index is 6.11. The molecule has 0 aliphatic rings. The van der Waals surface area contributed by atoms with E-state index in [1.54, 1.807) is 11.3 Å². The number of hydrogen-bond donors (Lipinski definition) is 0. The smallest absolute Gasteiger partial charge is 0.227 e. The molecule has 0 N–H and O–H groups in total. The van der Waals surface area contributed by atoms with Gasteiger partial charge < -0.3 is 8.98 Å². The standard InChI is InChI=1S/C34H21N3OS/c1-3-10-31-27(8-1)28-13-12-24(34-36-29-9-2-4-11-33(29)38-34)20-32(28)37(31)26-7-5-6-23(18-26)30-19-22(14-16-35-30)25-15-17-39-21-25/h1-21H. The van der Waals surface area contributed by atoms with Crippen LogP contribution in [0.15, 0.2) is 131 Å². The Labute approximate surface area is 228 Å². The molecule has 0 unspecified atom stereocenters. The second kappa shape index (κ2) is 8.79. The van der Waals surface area contributed by atoms with Gasteiger partial charge in [0.15, 0.2) is 5.58 Å². The van der Waals surface area contributed by atoms with Crippen LogP contribution < -0.4 is 0 Å². The van der Waals surface area contributed by atoms with Gasteiger partial charge >= 0.3 is 0 Å². The Bertz CT molecular complexity index is 2100. The number of fused-ring (bicyclic) bond motifs is 4. The number of para-hydroxylation sites is 3. The largest absolute Gasteiger partial charge is 0.436 e. The zero-order valence-electron chi connectivity index (χ0n) is 20.8. The molecule has 0 aliphatic carbocycles. The lowest BCUT2D eigenvalue weighted by atomic mass is 10.1. The normalized spacial score (nSPS) is 11.6. The lowest BCUT2D eigenvalue weighted by molar-refractivity contribution is 0.620. The van der Waals surface area contributed by atoms with Crippen LogP contribution in [-0.4, -0.2) is 14.5 Å². The molecule has 0 amide bonds. The van der Waals surface area contributed by atoms with Crippen LogP contribution in [0.2, 0.25) is 0 Å². The maximum Gasteiger partial charge on any atom is 0.227 e. The van der Waals surface area contributed by atoms with Crippen LogP contribution in [0.3, 0.4) is 0 Å². The van der Waals surface area contributed by atoms with Crippen molar-refractivity contribution in [1.29, 1.82) is 0 Å². The summed E-state index contributed by atoms with van der Waals surface area (Å²) in [5.74, 6) is 0.623. The molecule has 0 atom stereocenters. The molecule has 4 aromatic carbocycles. The minimum atomic E-state index is 0.623. The van der Waals surface area contributed by atoms with E-state index in [2.05, 4.69) is 100 Å². The van der Waals surface area contributed by atoms with Crippen molar-refractivity contribution in [2.75, 3.05) is 0 Å². The predicted molar refractivity (Wildman–Crippen MR) is 160 cm³/mol. The second-order valence-electron chi connectivity index (χ2n) is 9.56. The number of aromatic nitrogens is 3. The number of nitrogens with zero attached hydrogens (tertiary/aromatic N) is 3. The molecule has 0 saturated carbocycles. The third-order valence-electron chi connectivity index (χ3n) is 7.23. The fraction of sp³-hybridized carbons (Fsp3) is 0. The van der Waals surface area contributed by atoms with Gasteiger partial charge in [-0.15, -0.1) is 0 Å². The topological polar surface area (TPSA) is 43.9 Å². The lowest BCUT2D eigenvalue weighted by Gasteiger charge is -2.11. The van der Waals surface area contributed by atoms with Gasteiger partial charge in [0, 0.05) is 33.8 Å². The minimum Gasteiger partial charge on any atom is -0.436 e. The van der Waals surface area contributed by atoms with E-state index in [1.165, 1.54) is 21.9 Å². The highest BCUT2D eigenvalue weighted by atomic mass is 32.1. The van der Waals surface area contributed by atoms with Gasteiger partial charge in [-0.3, -0.25) is 4.98 Å². The number of benzene rings is 4. The van der Waals surface area contributed by atoms with Gasteiger partial charge in [-0.05, 0) is 82.6 Å². The molecule has 5 heteroatoms. The fourth-order valence-corrected chi connectivity index (χ4v) is 6.04. The van der Waals surface area contributed by atoms with Crippen LogP contribution >= 0.6 is 11.3 Å². The molecule has 8 rings (SSSR count). The van der Waals surface area contributed by atoms with E-state index in [-0.39, 0.29) is 0 Å². The summed E-state index contributed by atoms with van der Waals surface area (Å²) in [6, 6.07) is 37.9. The van der Waals surface area contributed by atoms with Gasteiger partial charge in [0.2, 0.25) is 5.89 Å². The van der Waals surface area contributed by atoms with E-state index in [0.717, 1.165) is 44.6 Å². The molecular formula is C34H21N3OS. The van der Waals surface area contributed by atoms with Crippen LogP contribution in [0, 0.1) is 0 Å². The third kappa shape index (κ3) is 3.67. The molecule has 4 aromatic heterocycles. The first-order valence-corrected chi connectivity index (χ1v) is 13.7. The maximum absolute atomic E-state index is 6.11. The minimum absolute atomic E-state index is 0.623. The van der Waals surface area contributed by atoms with E-state index in [1.807, 2.05) is 30.5 Å². The molecule has 0 aliphatic heterocycles. The predicted octanol–water partition coefficient (Wildman–Crippen LogP) is 9.38. The Kier molecular flexibility index (Phi) is 4.96. The monoisotopic (exact) mass is 519 g/mol. The molecule has 4 nitrogen and oxygen atoms in total. The van der Waals surface area contributed by atoms with Crippen LogP contribution in [0.5, 0.6) is 0 Å². The number of rotatable bonds is 4. The van der Waals surface area contributed by atoms with Crippen molar-refractivity contribution >= 4 is 44.2 Å². The Morgan fingerprint density at radius 3 is 2.46 bits per heavy atom. The SMILES string of the molecule is c1cc(-c2cc(-c3ccsc3)ccn2)cc(-n2c3ccccc3c3ccc(-c4nc5ccccc5o4)cc32)c1. The van der Waals surface area contributed by atoms with Gasteiger partial charge in [-0.2, -0.15) is 11.3 Å². The highest BCUT2D eigenvalue weighted by Crippen LogP contribution is 2.36. The lowest BCUT2D eigenvalue weighted by Crippen LogP contribution is -1.95. The second-order valence-corrected chi connectivity index (χ2v) is 10.3. The van der Waals surface area contributed by atoms with E-state index >= 15 is 0 Å². The van der Waals surface area contributed by atoms with Gasteiger partial charge in [0.1, 0.15) is 5.52 Å². The summed E-state index contributed by atoms with van der Waals surface area (Å²) in [6.07, 6.45) is 1.89. The summed E-state index contributed by atoms with van der Waals surface area (Å²) in [7, 11) is 0. The Balaban J connectivity index is 1.31. The van der Waals surface area contributed by atoms with Crippen molar-refractivity contribution in [3.05, 3.63) is 126 Å². The number of pyridine rings is 1. The average Bonchev–Trinajstić information content (AvgIpc) is 3.75. The van der Waals surface area contributed by atoms with Crippen LogP contribution in [0.25, 0.3) is 72.4 Å². The van der Waals surface area contributed by atoms with Crippen LogP contribution in [0.1, 0.15) is 0 Å². The first-order chi connectivity index (χ1) is 19.3. The quantitative estimate of drug-likeness (QED) is 0.233. The van der Waals surface area contributed by atoms with Crippen molar-refractivity contribution in [3.63, 3.8) is 0 Å². The first kappa shape index (κ1) is 22.0. The Morgan fingerprint density at radius 2 is 1.54 bits per heavy atom. The van der Waals surface area contributed by atoms with Crippen molar-refractivity contribution < 1.29 is 4.42 Å². The Hall–Kier alpha value is -5.00. The molecule has 39 heavy (non-hydrogen) atoms. The molecular weight excluding hydrogens is 498 g/mol. The van der Waals surface area contributed by atoms with Gasteiger partial charge in [0.05, 0.1) is 16.7 Å². The molecule has 0 spiro atoms. The van der Waals surface area contributed by atoms with Crippen LogP contribution in [0.4, 0.5) is 0 Å².